The Labute approximate surface area is 123 Å². The predicted octanol–water partition coefficient (Wildman–Crippen LogP) is 1.88. The van der Waals surface area contributed by atoms with Gasteiger partial charge in [0.2, 0.25) is 0 Å². The molecule has 0 atom stereocenters. The molecule has 1 fully saturated rings. The molecule has 0 spiro atoms. The summed E-state index contributed by atoms with van der Waals surface area (Å²) in [4.78, 5) is 13.5. The minimum absolute atomic E-state index is 0.000774. The fraction of sp³-hybridized carbons (Fsp3) is 0.500. The first-order chi connectivity index (χ1) is 9.39. The molecule has 1 aliphatic heterocycles. The molecule has 0 unspecified atom stereocenters. The van der Waals surface area contributed by atoms with Crippen molar-refractivity contribution in [1.29, 1.82) is 0 Å². The van der Waals surface area contributed by atoms with Gasteiger partial charge in [-0.2, -0.15) is 0 Å². The van der Waals surface area contributed by atoms with E-state index in [9.17, 15) is 4.79 Å². The minimum atomic E-state index is -0.612. The van der Waals surface area contributed by atoms with Gasteiger partial charge in [0.15, 0.2) is 0 Å². The molecular weight excluding hydrogens is 280 g/mol. The van der Waals surface area contributed by atoms with E-state index in [0.717, 1.165) is 5.75 Å². The number of carbonyl (C=O) groups is 1. The van der Waals surface area contributed by atoms with Gasteiger partial charge in [-0.25, -0.2) is 4.79 Å². The van der Waals surface area contributed by atoms with Crippen LogP contribution in [0.5, 0.6) is 5.75 Å². The van der Waals surface area contributed by atoms with Crippen LogP contribution in [0.25, 0.3) is 0 Å². The van der Waals surface area contributed by atoms with Crippen molar-refractivity contribution in [1.82, 2.24) is 10.2 Å². The smallest absolute Gasteiger partial charge is 0.318 e. The molecule has 2 rings (SSSR count). The maximum Gasteiger partial charge on any atom is 0.318 e. The lowest BCUT2D eigenvalue weighted by atomic mass is 10.1. The number of nitrogens with zero attached hydrogens (tertiary/aromatic N) is 1. The molecule has 20 heavy (non-hydrogen) atoms. The fourth-order valence-corrected chi connectivity index (χ4v) is 1.92. The van der Waals surface area contributed by atoms with Gasteiger partial charge < -0.3 is 20.1 Å². The zero-order valence-electron chi connectivity index (χ0n) is 11.6. The van der Waals surface area contributed by atoms with Gasteiger partial charge in [-0.15, -0.1) is 0 Å². The topological polar surface area (TPSA) is 61.8 Å². The first-order valence-electron chi connectivity index (χ1n) is 6.50. The zero-order chi connectivity index (χ0) is 14.8. The first kappa shape index (κ1) is 14.9. The van der Waals surface area contributed by atoms with Crippen LogP contribution in [0.1, 0.15) is 13.8 Å². The molecule has 110 valence electrons. The molecule has 0 aliphatic carbocycles. The Kier molecular flexibility index (Phi) is 4.40. The number of halogens is 1. The lowest BCUT2D eigenvalue weighted by Gasteiger charge is -2.40. The number of benzene rings is 1. The molecule has 0 saturated carbocycles. The predicted molar refractivity (Wildman–Crippen MR) is 77.1 cm³/mol. The molecule has 1 heterocycles. The average Bonchev–Trinajstić information content (AvgIpc) is 2.34. The van der Waals surface area contributed by atoms with Crippen LogP contribution in [0.3, 0.4) is 0 Å². The second kappa shape index (κ2) is 5.89. The molecule has 6 heteroatoms. The highest BCUT2D eigenvalue weighted by Gasteiger charge is 2.34. The average molecular weight is 299 g/mol. The molecule has 1 saturated heterocycles. The van der Waals surface area contributed by atoms with Gasteiger partial charge in [-0.05, 0) is 38.1 Å². The summed E-state index contributed by atoms with van der Waals surface area (Å²) in [5, 5.41) is 12.5. The zero-order valence-corrected chi connectivity index (χ0v) is 12.4. The Morgan fingerprint density at radius 1 is 1.45 bits per heavy atom. The number of carbonyl (C=O) groups excluding carboxylic acids is 1. The van der Waals surface area contributed by atoms with Crippen LogP contribution in [0.2, 0.25) is 5.02 Å². The van der Waals surface area contributed by atoms with Crippen molar-refractivity contribution in [3.8, 4) is 5.75 Å². The number of amides is 2. The molecule has 1 aliphatic rings. The van der Waals surface area contributed by atoms with E-state index in [2.05, 4.69) is 5.32 Å². The van der Waals surface area contributed by atoms with Crippen molar-refractivity contribution < 1.29 is 14.6 Å². The van der Waals surface area contributed by atoms with E-state index in [1.54, 1.807) is 43.0 Å². The number of ether oxygens (including phenoxy) is 1. The minimum Gasteiger partial charge on any atom is -0.487 e. The Balaban J connectivity index is 1.77. The third kappa shape index (κ3) is 3.77. The van der Waals surface area contributed by atoms with Crippen LogP contribution in [-0.4, -0.2) is 47.4 Å². The third-order valence-corrected chi connectivity index (χ3v) is 3.34. The van der Waals surface area contributed by atoms with E-state index in [1.807, 2.05) is 0 Å². The van der Waals surface area contributed by atoms with Crippen LogP contribution >= 0.6 is 11.6 Å². The van der Waals surface area contributed by atoms with Gasteiger partial charge in [-0.3, -0.25) is 0 Å². The second-order valence-corrected chi connectivity index (χ2v) is 6.01. The molecule has 2 amide bonds. The summed E-state index contributed by atoms with van der Waals surface area (Å²) >= 11 is 5.80. The summed E-state index contributed by atoms with van der Waals surface area (Å²) in [6.07, 6.45) is -0.000774. The van der Waals surface area contributed by atoms with Gasteiger partial charge in [0.1, 0.15) is 11.9 Å². The van der Waals surface area contributed by atoms with Gasteiger partial charge in [0.05, 0.1) is 25.2 Å². The highest BCUT2D eigenvalue weighted by Crippen LogP contribution is 2.20. The van der Waals surface area contributed by atoms with Gasteiger partial charge in [0, 0.05) is 5.02 Å². The van der Waals surface area contributed by atoms with Gasteiger partial charge in [-0.1, -0.05) is 11.6 Å². The van der Waals surface area contributed by atoms with Crippen LogP contribution < -0.4 is 10.1 Å². The Hall–Kier alpha value is -1.46. The summed E-state index contributed by atoms with van der Waals surface area (Å²) in [5.41, 5.74) is -0.612. The highest BCUT2D eigenvalue weighted by atomic mass is 35.5. The van der Waals surface area contributed by atoms with Crippen molar-refractivity contribution in [2.45, 2.75) is 25.5 Å². The largest absolute Gasteiger partial charge is 0.487 e. The number of aliphatic hydroxyl groups excluding tert-OH is 1. The summed E-state index contributed by atoms with van der Waals surface area (Å²) in [6, 6.07) is 6.97. The number of likely N-dealkylation sites (tertiary alicyclic amines) is 1. The molecule has 0 radical (unpaired) electrons. The number of hydrogen-bond acceptors (Lipinski definition) is 3. The fourth-order valence-electron chi connectivity index (χ4n) is 1.79. The summed E-state index contributed by atoms with van der Waals surface area (Å²) < 4.78 is 5.71. The van der Waals surface area contributed by atoms with Crippen molar-refractivity contribution in [3.05, 3.63) is 29.3 Å². The van der Waals surface area contributed by atoms with Crippen LogP contribution in [0.15, 0.2) is 24.3 Å². The van der Waals surface area contributed by atoms with Gasteiger partial charge >= 0.3 is 6.03 Å². The summed E-state index contributed by atoms with van der Waals surface area (Å²) in [7, 11) is 0. The Morgan fingerprint density at radius 3 is 2.60 bits per heavy atom. The standard InChI is InChI=1S/C14H19ClN2O3/c1-14(2,9-18)16-13(19)17-7-12(8-17)20-11-5-3-10(15)4-6-11/h3-6,12,18H,7-9H2,1-2H3,(H,16,19). The van der Waals surface area contributed by atoms with Crippen LogP contribution in [0.4, 0.5) is 4.79 Å². The molecule has 0 aromatic heterocycles. The van der Waals surface area contributed by atoms with Crippen LogP contribution in [-0.2, 0) is 0 Å². The van der Waals surface area contributed by atoms with Crippen LogP contribution in [0, 0.1) is 0 Å². The number of aliphatic hydroxyl groups is 1. The number of nitrogens with one attached hydrogen (secondary N) is 1. The maximum atomic E-state index is 11.9. The van der Waals surface area contributed by atoms with Gasteiger partial charge in [0.25, 0.3) is 0 Å². The molecule has 1 aromatic rings. The number of urea groups is 1. The van der Waals surface area contributed by atoms with E-state index in [4.69, 9.17) is 21.4 Å². The van der Waals surface area contributed by atoms with Crippen molar-refractivity contribution >= 4 is 17.6 Å². The van der Waals surface area contributed by atoms with E-state index in [1.165, 1.54) is 0 Å². The monoisotopic (exact) mass is 298 g/mol. The van der Waals surface area contributed by atoms with E-state index < -0.39 is 5.54 Å². The van der Waals surface area contributed by atoms with Crippen molar-refractivity contribution in [2.24, 2.45) is 0 Å². The third-order valence-electron chi connectivity index (χ3n) is 3.09. The lowest BCUT2D eigenvalue weighted by Crippen LogP contribution is -2.62. The molecular formula is C14H19ClN2O3. The maximum absolute atomic E-state index is 11.9. The van der Waals surface area contributed by atoms with E-state index >= 15 is 0 Å². The van der Waals surface area contributed by atoms with E-state index in [0.29, 0.717) is 18.1 Å². The normalized spacial score (nSPS) is 15.7. The van der Waals surface area contributed by atoms with E-state index in [-0.39, 0.29) is 18.7 Å². The summed E-state index contributed by atoms with van der Waals surface area (Å²) in [5.74, 6) is 0.746. The molecule has 0 bridgehead atoms. The number of hydrogen-bond donors (Lipinski definition) is 2. The molecule has 1 aromatic carbocycles. The Bertz CT molecular complexity index is 470. The molecule has 2 N–H and O–H groups in total. The summed E-state index contributed by atoms with van der Waals surface area (Å²) in [6.45, 7) is 4.52. The first-order valence-corrected chi connectivity index (χ1v) is 6.87. The highest BCUT2D eigenvalue weighted by molar-refractivity contribution is 6.30. The lowest BCUT2D eigenvalue weighted by molar-refractivity contribution is 0.0401. The Morgan fingerprint density at radius 2 is 2.05 bits per heavy atom. The number of rotatable bonds is 4. The van der Waals surface area contributed by atoms with Crippen molar-refractivity contribution in [2.75, 3.05) is 19.7 Å². The second-order valence-electron chi connectivity index (χ2n) is 5.57. The molecule has 5 nitrogen and oxygen atoms in total. The SMILES string of the molecule is CC(C)(CO)NC(=O)N1CC(Oc2ccc(Cl)cc2)C1. The van der Waals surface area contributed by atoms with Crippen molar-refractivity contribution in [3.63, 3.8) is 0 Å². The quantitative estimate of drug-likeness (QED) is 0.892.